The van der Waals surface area contributed by atoms with Crippen molar-refractivity contribution in [3.63, 3.8) is 0 Å². The van der Waals surface area contributed by atoms with Gasteiger partial charge in [-0.15, -0.1) is 0 Å². The molecule has 1 aliphatic heterocycles. The van der Waals surface area contributed by atoms with Crippen molar-refractivity contribution in [2.24, 2.45) is 11.3 Å². The zero-order valence-corrected chi connectivity index (χ0v) is 10.0. The normalized spacial score (nSPS) is 25.7. The van der Waals surface area contributed by atoms with E-state index in [0.29, 0.717) is 5.41 Å². The number of benzene rings is 1. The molecular formula is C14H21N. The molecular weight excluding hydrogens is 182 g/mol. The highest BCUT2D eigenvalue weighted by atomic mass is 15.2. The Morgan fingerprint density at radius 2 is 1.93 bits per heavy atom. The summed E-state index contributed by atoms with van der Waals surface area (Å²) in [5.41, 5.74) is 1.91. The summed E-state index contributed by atoms with van der Waals surface area (Å²) < 4.78 is 0. The molecule has 1 aliphatic rings. The van der Waals surface area contributed by atoms with Crippen LogP contribution in [-0.2, 0) is 6.54 Å². The van der Waals surface area contributed by atoms with Crippen LogP contribution < -0.4 is 0 Å². The van der Waals surface area contributed by atoms with Gasteiger partial charge in [0.05, 0.1) is 0 Å². The molecule has 0 spiro atoms. The summed E-state index contributed by atoms with van der Waals surface area (Å²) in [6.07, 6.45) is 0. The quantitative estimate of drug-likeness (QED) is 0.713. The van der Waals surface area contributed by atoms with Crippen molar-refractivity contribution in [3.05, 3.63) is 35.9 Å². The van der Waals surface area contributed by atoms with Crippen LogP contribution in [0.4, 0.5) is 0 Å². The Hall–Kier alpha value is -0.820. The van der Waals surface area contributed by atoms with Crippen LogP contribution in [0.2, 0.25) is 0 Å². The third kappa shape index (κ3) is 2.40. The minimum absolute atomic E-state index is 0.481. The molecule has 0 radical (unpaired) electrons. The lowest BCUT2D eigenvalue weighted by atomic mass is 9.84. The molecule has 0 bridgehead atoms. The summed E-state index contributed by atoms with van der Waals surface area (Å²) in [7, 11) is 0. The third-order valence-corrected chi connectivity index (χ3v) is 3.75. The maximum absolute atomic E-state index is 2.57. The molecule has 1 aromatic rings. The average molecular weight is 203 g/mol. The number of hydrogen-bond acceptors (Lipinski definition) is 1. The van der Waals surface area contributed by atoms with E-state index in [1.807, 2.05) is 0 Å². The van der Waals surface area contributed by atoms with Gasteiger partial charge in [-0.3, -0.25) is 4.90 Å². The Morgan fingerprint density at radius 3 is 2.47 bits per heavy atom. The van der Waals surface area contributed by atoms with Crippen LogP contribution in [-0.4, -0.2) is 18.0 Å². The topological polar surface area (TPSA) is 3.24 Å². The third-order valence-electron chi connectivity index (χ3n) is 3.75. The molecule has 1 fully saturated rings. The van der Waals surface area contributed by atoms with Crippen molar-refractivity contribution in [2.75, 3.05) is 13.1 Å². The Balaban J connectivity index is 1.99. The van der Waals surface area contributed by atoms with Crippen molar-refractivity contribution in [1.29, 1.82) is 0 Å². The van der Waals surface area contributed by atoms with Gasteiger partial charge in [-0.05, 0) is 16.9 Å². The van der Waals surface area contributed by atoms with Crippen molar-refractivity contribution in [1.82, 2.24) is 4.90 Å². The molecule has 1 atom stereocenters. The standard InChI is InChI=1S/C14H21N/c1-12-9-15(11-14(12,2)3)10-13-7-5-4-6-8-13/h4-8,12H,9-11H2,1-3H3/t12-/m0/s1. The molecule has 0 aromatic heterocycles. The van der Waals surface area contributed by atoms with Crippen molar-refractivity contribution in [3.8, 4) is 0 Å². The summed E-state index contributed by atoms with van der Waals surface area (Å²) in [6.45, 7) is 10.7. The number of nitrogens with zero attached hydrogens (tertiary/aromatic N) is 1. The van der Waals surface area contributed by atoms with E-state index in [0.717, 1.165) is 12.5 Å². The molecule has 0 N–H and O–H groups in total. The lowest BCUT2D eigenvalue weighted by molar-refractivity contribution is 0.275. The smallest absolute Gasteiger partial charge is 0.0234 e. The first-order valence-electron chi connectivity index (χ1n) is 5.84. The molecule has 1 heterocycles. The van der Waals surface area contributed by atoms with Crippen molar-refractivity contribution >= 4 is 0 Å². The van der Waals surface area contributed by atoms with Crippen LogP contribution >= 0.6 is 0 Å². The minimum Gasteiger partial charge on any atom is -0.298 e. The summed E-state index contributed by atoms with van der Waals surface area (Å²) in [4.78, 5) is 2.57. The van der Waals surface area contributed by atoms with E-state index in [9.17, 15) is 0 Å². The van der Waals surface area contributed by atoms with Gasteiger partial charge in [0.15, 0.2) is 0 Å². The first-order chi connectivity index (χ1) is 7.08. The second-order valence-electron chi connectivity index (χ2n) is 5.54. The van der Waals surface area contributed by atoms with E-state index < -0.39 is 0 Å². The average Bonchev–Trinajstić information content (AvgIpc) is 2.42. The second kappa shape index (κ2) is 3.97. The van der Waals surface area contributed by atoms with E-state index in [-0.39, 0.29) is 0 Å². The SMILES string of the molecule is C[C@H]1CN(Cc2ccccc2)CC1(C)C. The van der Waals surface area contributed by atoms with Crippen molar-refractivity contribution in [2.45, 2.75) is 27.3 Å². The fourth-order valence-corrected chi connectivity index (χ4v) is 2.39. The Bertz CT molecular complexity index is 315. The summed E-state index contributed by atoms with van der Waals surface area (Å²) in [5.74, 6) is 0.807. The van der Waals surface area contributed by atoms with Gasteiger partial charge in [0.1, 0.15) is 0 Å². The molecule has 1 saturated heterocycles. The van der Waals surface area contributed by atoms with Crippen LogP contribution in [0.3, 0.4) is 0 Å². The molecule has 1 heteroatoms. The maximum atomic E-state index is 2.57. The Morgan fingerprint density at radius 1 is 1.27 bits per heavy atom. The first kappa shape index (κ1) is 10.7. The molecule has 0 amide bonds. The largest absolute Gasteiger partial charge is 0.298 e. The summed E-state index contributed by atoms with van der Waals surface area (Å²) in [5, 5.41) is 0. The van der Waals surface area contributed by atoms with Gasteiger partial charge in [-0.25, -0.2) is 0 Å². The number of likely N-dealkylation sites (tertiary alicyclic amines) is 1. The van der Waals surface area contributed by atoms with Gasteiger partial charge < -0.3 is 0 Å². The van der Waals surface area contributed by atoms with E-state index in [1.54, 1.807) is 0 Å². The van der Waals surface area contributed by atoms with Crippen LogP contribution in [0.5, 0.6) is 0 Å². The van der Waals surface area contributed by atoms with E-state index >= 15 is 0 Å². The zero-order chi connectivity index (χ0) is 10.9. The summed E-state index contributed by atoms with van der Waals surface area (Å²) >= 11 is 0. The lowest BCUT2D eigenvalue weighted by Crippen LogP contribution is -2.23. The highest BCUT2D eigenvalue weighted by Crippen LogP contribution is 2.35. The van der Waals surface area contributed by atoms with Crippen LogP contribution in [0.15, 0.2) is 30.3 Å². The van der Waals surface area contributed by atoms with Crippen LogP contribution in [0, 0.1) is 11.3 Å². The van der Waals surface area contributed by atoms with Gasteiger partial charge >= 0.3 is 0 Å². The van der Waals surface area contributed by atoms with Crippen LogP contribution in [0.1, 0.15) is 26.3 Å². The predicted octanol–water partition coefficient (Wildman–Crippen LogP) is 3.16. The van der Waals surface area contributed by atoms with Gasteiger partial charge in [0.2, 0.25) is 0 Å². The molecule has 0 saturated carbocycles. The fourth-order valence-electron chi connectivity index (χ4n) is 2.39. The van der Waals surface area contributed by atoms with E-state index in [4.69, 9.17) is 0 Å². The van der Waals surface area contributed by atoms with E-state index in [1.165, 1.54) is 18.7 Å². The number of rotatable bonds is 2. The summed E-state index contributed by atoms with van der Waals surface area (Å²) in [6, 6.07) is 10.8. The highest BCUT2D eigenvalue weighted by molar-refractivity contribution is 5.14. The van der Waals surface area contributed by atoms with Gasteiger partial charge in [-0.1, -0.05) is 51.1 Å². The van der Waals surface area contributed by atoms with Gasteiger partial charge in [0, 0.05) is 19.6 Å². The highest BCUT2D eigenvalue weighted by Gasteiger charge is 2.35. The second-order valence-corrected chi connectivity index (χ2v) is 5.54. The van der Waals surface area contributed by atoms with Gasteiger partial charge in [0.25, 0.3) is 0 Å². The van der Waals surface area contributed by atoms with Crippen molar-refractivity contribution < 1.29 is 0 Å². The molecule has 2 rings (SSSR count). The fraction of sp³-hybridized carbons (Fsp3) is 0.571. The molecule has 0 unspecified atom stereocenters. The number of hydrogen-bond donors (Lipinski definition) is 0. The molecule has 1 aromatic carbocycles. The van der Waals surface area contributed by atoms with Crippen LogP contribution in [0.25, 0.3) is 0 Å². The molecule has 15 heavy (non-hydrogen) atoms. The Labute approximate surface area is 93.1 Å². The predicted molar refractivity (Wildman–Crippen MR) is 64.7 cm³/mol. The zero-order valence-electron chi connectivity index (χ0n) is 10.0. The van der Waals surface area contributed by atoms with E-state index in [2.05, 4.69) is 56.0 Å². The lowest BCUT2D eigenvalue weighted by Gasteiger charge is -2.22. The molecule has 82 valence electrons. The Kier molecular flexibility index (Phi) is 2.83. The monoisotopic (exact) mass is 203 g/mol. The maximum Gasteiger partial charge on any atom is 0.0234 e. The van der Waals surface area contributed by atoms with Gasteiger partial charge in [-0.2, -0.15) is 0 Å². The first-order valence-corrected chi connectivity index (χ1v) is 5.84. The molecule has 1 nitrogen and oxygen atoms in total. The molecule has 0 aliphatic carbocycles. The minimum atomic E-state index is 0.481.